The molecule has 0 amide bonds. The van der Waals surface area contributed by atoms with E-state index in [9.17, 15) is 0 Å². The highest BCUT2D eigenvalue weighted by Gasteiger charge is 2.31. The molecule has 1 heteroatoms. The van der Waals surface area contributed by atoms with Crippen LogP contribution in [0.25, 0.3) is 11.1 Å². The number of aryl methyl sites for hydroxylation is 1. The summed E-state index contributed by atoms with van der Waals surface area (Å²) < 4.78 is 0. The molecule has 0 heterocycles. The molecular formula is C31H45N. The van der Waals surface area contributed by atoms with E-state index in [1.807, 2.05) is 7.05 Å². The molecule has 0 radical (unpaired) electrons. The maximum atomic E-state index is 3.21. The Labute approximate surface area is 197 Å². The zero-order chi connectivity index (χ0) is 22.3. The molecule has 4 rings (SSSR count). The first-order valence-electron chi connectivity index (χ1n) is 13.6. The number of rotatable bonds is 8. The Balaban J connectivity index is 1.28. The van der Waals surface area contributed by atoms with Gasteiger partial charge in [-0.3, -0.25) is 0 Å². The highest BCUT2D eigenvalue weighted by Crippen LogP contribution is 2.45. The summed E-state index contributed by atoms with van der Waals surface area (Å²) in [6.45, 7) is 4.61. The van der Waals surface area contributed by atoms with Crippen LogP contribution in [0.2, 0.25) is 0 Å². The summed E-state index contributed by atoms with van der Waals surface area (Å²) in [5, 5.41) is 3.21. The van der Waals surface area contributed by atoms with Crippen LogP contribution in [-0.4, -0.2) is 7.05 Å². The summed E-state index contributed by atoms with van der Waals surface area (Å²) in [6.07, 6.45) is 17.6. The van der Waals surface area contributed by atoms with Crippen LogP contribution in [0.15, 0.2) is 42.5 Å². The second-order valence-electron chi connectivity index (χ2n) is 10.8. The van der Waals surface area contributed by atoms with Gasteiger partial charge in [-0.2, -0.15) is 0 Å². The van der Waals surface area contributed by atoms with E-state index in [2.05, 4.69) is 61.6 Å². The molecule has 1 nitrogen and oxygen atoms in total. The number of anilines is 1. The molecule has 2 aliphatic rings. The van der Waals surface area contributed by atoms with Crippen molar-refractivity contribution in [1.29, 1.82) is 0 Å². The topological polar surface area (TPSA) is 12.0 Å². The minimum absolute atomic E-state index is 0.774. The van der Waals surface area contributed by atoms with Gasteiger partial charge < -0.3 is 5.32 Å². The van der Waals surface area contributed by atoms with Crippen molar-refractivity contribution in [3.8, 4) is 11.1 Å². The number of nitrogens with one attached hydrogen (secondary N) is 1. The van der Waals surface area contributed by atoms with Gasteiger partial charge in [0.1, 0.15) is 0 Å². The second-order valence-corrected chi connectivity index (χ2v) is 10.8. The molecule has 2 aliphatic carbocycles. The predicted octanol–water partition coefficient (Wildman–Crippen LogP) is 9.36. The minimum Gasteiger partial charge on any atom is -0.388 e. The summed E-state index contributed by atoms with van der Waals surface area (Å²) in [5.74, 6) is 3.86. The van der Waals surface area contributed by atoms with Crippen molar-refractivity contribution in [3.63, 3.8) is 0 Å². The van der Waals surface area contributed by atoms with Crippen molar-refractivity contribution >= 4 is 5.69 Å². The summed E-state index contributed by atoms with van der Waals surface area (Å²) in [5.41, 5.74) is 6.87. The molecule has 0 atom stereocenters. The van der Waals surface area contributed by atoms with E-state index in [0.717, 1.165) is 23.7 Å². The molecule has 174 valence electrons. The van der Waals surface area contributed by atoms with Gasteiger partial charge in [-0.1, -0.05) is 75.8 Å². The molecule has 2 saturated carbocycles. The van der Waals surface area contributed by atoms with Gasteiger partial charge in [0.25, 0.3) is 0 Å². The average Bonchev–Trinajstić information content (AvgIpc) is 2.85. The lowest BCUT2D eigenvalue weighted by Crippen LogP contribution is -2.25. The van der Waals surface area contributed by atoms with Gasteiger partial charge in [0.15, 0.2) is 0 Å². The maximum Gasteiger partial charge on any atom is 0.0337 e. The zero-order valence-corrected chi connectivity index (χ0v) is 20.8. The molecule has 0 bridgehead atoms. The van der Waals surface area contributed by atoms with Gasteiger partial charge >= 0.3 is 0 Å². The zero-order valence-electron chi connectivity index (χ0n) is 20.8. The van der Waals surface area contributed by atoms with Crippen LogP contribution < -0.4 is 5.32 Å². The van der Waals surface area contributed by atoms with E-state index in [4.69, 9.17) is 0 Å². The van der Waals surface area contributed by atoms with Crippen LogP contribution in [0.5, 0.6) is 0 Å². The lowest BCUT2D eigenvalue weighted by atomic mass is 9.68. The fourth-order valence-electron chi connectivity index (χ4n) is 6.64. The Kier molecular flexibility index (Phi) is 8.33. The van der Waals surface area contributed by atoms with Crippen molar-refractivity contribution in [2.75, 3.05) is 12.4 Å². The fourth-order valence-corrected chi connectivity index (χ4v) is 6.64. The summed E-state index contributed by atoms with van der Waals surface area (Å²) in [7, 11) is 1.98. The van der Waals surface area contributed by atoms with E-state index < -0.39 is 0 Å². The number of hydrogen-bond acceptors (Lipinski definition) is 1. The smallest absolute Gasteiger partial charge is 0.0337 e. The first kappa shape index (κ1) is 23.4. The molecule has 0 aromatic heterocycles. The molecule has 1 N–H and O–H groups in total. The summed E-state index contributed by atoms with van der Waals surface area (Å²) >= 11 is 0. The van der Waals surface area contributed by atoms with Crippen LogP contribution >= 0.6 is 0 Å². The molecule has 0 unspecified atom stereocenters. The Morgan fingerprint density at radius 1 is 0.781 bits per heavy atom. The van der Waals surface area contributed by atoms with E-state index in [1.54, 1.807) is 5.56 Å². The van der Waals surface area contributed by atoms with Gasteiger partial charge in [0.2, 0.25) is 0 Å². The van der Waals surface area contributed by atoms with E-state index in [1.165, 1.54) is 99.4 Å². The maximum absolute atomic E-state index is 3.21. The quantitative estimate of drug-likeness (QED) is 0.410. The lowest BCUT2D eigenvalue weighted by molar-refractivity contribution is 0.155. The Bertz CT molecular complexity index is 820. The normalized spacial score (nSPS) is 26.1. The predicted molar refractivity (Wildman–Crippen MR) is 140 cm³/mol. The molecule has 0 aliphatic heterocycles. The average molecular weight is 432 g/mol. The lowest BCUT2D eigenvalue weighted by Gasteiger charge is -2.38. The highest BCUT2D eigenvalue weighted by atomic mass is 14.8. The van der Waals surface area contributed by atoms with Crippen molar-refractivity contribution in [2.45, 2.75) is 96.8 Å². The molecule has 0 spiro atoms. The standard InChI is InChI=1S/C31H45N/c1-4-5-6-7-24-8-10-25(11-9-24)26-12-14-27(15-13-26)29-18-21-31(23(2)22-29)28-16-19-30(32-3)20-17-28/h16-22,24-27,32H,4-15H2,1-3H3. The SMILES string of the molecule is CCCCCC1CCC(C2CCC(c3ccc(-c4ccc(NC)cc4)c(C)c3)CC2)CC1. The second kappa shape index (κ2) is 11.4. The van der Waals surface area contributed by atoms with Crippen LogP contribution in [0.3, 0.4) is 0 Å². The molecular weight excluding hydrogens is 386 g/mol. The van der Waals surface area contributed by atoms with Crippen LogP contribution in [0.4, 0.5) is 5.69 Å². The third-order valence-electron chi connectivity index (χ3n) is 8.75. The highest BCUT2D eigenvalue weighted by molar-refractivity contribution is 5.69. The monoisotopic (exact) mass is 431 g/mol. The van der Waals surface area contributed by atoms with E-state index >= 15 is 0 Å². The van der Waals surface area contributed by atoms with Crippen LogP contribution in [0.1, 0.15) is 101 Å². The van der Waals surface area contributed by atoms with Crippen molar-refractivity contribution in [2.24, 2.45) is 17.8 Å². The Morgan fingerprint density at radius 2 is 1.44 bits per heavy atom. The van der Waals surface area contributed by atoms with E-state index in [0.29, 0.717) is 0 Å². The van der Waals surface area contributed by atoms with Gasteiger partial charge in [0, 0.05) is 12.7 Å². The van der Waals surface area contributed by atoms with Crippen LogP contribution in [-0.2, 0) is 0 Å². The Morgan fingerprint density at radius 3 is 2.03 bits per heavy atom. The number of unbranched alkanes of at least 4 members (excludes halogenated alkanes) is 2. The molecule has 2 aromatic rings. The number of benzene rings is 2. The first-order valence-corrected chi connectivity index (χ1v) is 13.6. The van der Waals surface area contributed by atoms with Crippen LogP contribution in [0, 0.1) is 24.7 Å². The first-order chi connectivity index (χ1) is 15.7. The fraction of sp³-hybridized carbons (Fsp3) is 0.613. The summed E-state index contributed by atoms with van der Waals surface area (Å²) in [4.78, 5) is 0. The van der Waals surface area contributed by atoms with Crippen molar-refractivity contribution in [1.82, 2.24) is 0 Å². The molecule has 2 aromatic carbocycles. The van der Waals surface area contributed by atoms with Gasteiger partial charge in [-0.15, -0.1) is 0 Å². The van der Waals surface area contributed by atoms with Gasteiger partial charge in [-0.05, 0) is 104 Å². The van der Waals surface area contributed by atoms with Gasteiger partial charge in [0.05, 0.1) is 0 Å². The Hall–Kier alpha value is -1.76. The van der Waals surface area contributed by atoms with Crippen molar-refractivity contribution < 1.29 is 0 Å². The van der Waals surface area contributed by atoms with Gasteiger partial charge in [-0.25, -0.2) is 0 Å². The summed E-state index contributed by atoms with van der Waals surface area (Å²) in [6, 6.07) is 16.1. The van der Waals surface area contributed by atoms with Crippen molar-refractivity contribution in [3.05, 3.63) is 53.6 Å². The number of hydrogen-bond donors (Lipinski definition) is 1. The third-order valence-corrected chi connectivity index (χ3v) is 8.75. The molecule has 32 heavy (non-hydrogen) atoms. The molecule has 0 saturated heterocycles. The minimum atomic E-state index is 0.774. The third kappa shape index (κ3) is 5.77. The largest absolute Gasteiger partial charge is 0.388 e. The molecule has 2 fully saturated rings. The van der Waals surface area contributed by atoms with E-state index in [-0.39, 0.29) is 0 Å².